The first-order valence-electron chi connectivity index (χ1n) is 7.34. The summed E-state index contributed by atoms with van der Waals surface area (Å²) in [5.74, 6) is 0.757. The first-order chi connectivity index (χ1) is 9.63. The highest BCUT2D eigenvalue weighted by Crippen LogP contribution is 2.46. The highest BCUT2D eigenvalue weighted by Gasteiger charge is 2.48. The number of Topliss-reactive ketones (excluding diaryl/α,β-unsaturated/α-hetero) is 1. The molecule has 3 rings (SSSR count). The number of hydrogen-bond donors (Lipinski definition) is 1. The maximum Gasteiger partial charge on any atom is 0.170 e. The van der Waals surface area contributed by atoms with Crippen LogP contribution in [0.1, 0.15) is 42.5 Å². The van der Waals surface area contributed by atoms with Crippen LogP contribution in [0.3, 0.4) is 0 Å². The third-order valence-corrected chi connectivity index (χ3v) is 5.70. The number of rotatable bonds is 3. The number of carbonyl (C=O) groups excluding carboxylic acids is 1. The molecule has 2 nitrogen and oxygen atoms in total. The normalized spacial score (nSPS) is 27.1. The largest absolute Gasteiger partial charge is 0.316 e. The van der Waals surface area contributed by atoms with Gasteiger partial charge in [-0.05, 0) is 49.9 Å². The van der Waals surface area contributed by atoms with Gasteiger partial charge in [-0.2, -0.15) is 0 Å². The van der Waals surface area contributed by atoms with Crippen molar-refractivity contribution in [3.63, 3.8) is 0 Å². The summed E-state index contributed by atoms with van der Waals surface area (Å²) >= 11 is 12.0. The van der Waals surface area contributed by atoms with E-state index in [1.807, 2.05) is 6.07 Å². The molecular formula is C16H19Cl2NO. The van der Waals surface area contributed by atoms with Gasteiger partial charge in [0.2, 0.25) is 0 Å². The van der Waals surface area contributed by atoms with Gasteiger partial charge in [-0.3, -0.25) is 4.79 Å². The van der Waals surface area contributed by atoms with E-state index in [-0.39, 0.29) is 11.2 Å². The average Bonchev–Trinajstić information content (AvgIpc) is 3.12. The minimum absolute atomic E-state index is 0.229. The zero-order valence-corrected chi connectivity index (χ0v) is 12.9. The Balaban J connectivity index is 1.94. The van der Waals surface area contributed by atoms with Gasteiger partial charge < -0.3 is 5.32 Å². The van der Waals surface area contributed by atoms with Gasteiger partial charge in [-0.25, -0.2) is 0 Å². The molecule has 1 saturated carbocycles. The monoisotopic (exact) mass is 311 g/mol. The summed E-state index contributed by atoms with van der Waals surface area (Å²) in [6.45, 7) is 1.74. The van der Waals surface area contributed by atoms with Crippen molar-refractivity contribution in [2.45, 2.75) is 32.1 Å². The van der Waals surface area contributed by atoms with Crippen molar-refractivity contribution in [3.05, 3.63) is 33.8 Å². The zero-order valence-electron chi connectivity index (χ0n) is 11.4. The molecule has 1 heterocycles. The molecule has 0 amide bonds. The van der Waals surface area contributed by atoms with E-state index in [2.05, 4.69) is 5.32 Å². The van der Waals surface area contributed by atoms with Crippen molar-refractivity contribution >= 4 is 29.0 Å². The molecule has 20 heavy (non-hydrogen) atoms. The van der Waals surface area contributed by atoms with Gasteiger partial charge in [0.15, 0.2) is 5.78 Å². The number of hydrogen-bond acceptors (Lipinski definition) is 2. The molecule has 1 saturated heterocycles. The Morgan fingerprint density at radius 2 is 1.95 bits per heavy atom. The average molecular weight is 312 g/mol. The maximum absolute atomic E-state index is 13.1. The van der Waals surface area contributed by atoms with Crippen molar-refractivity contribution in [1.29, 1.82) is 0 Å². The fourth-order valence-electron chi connectivity index (χ4n) is 3.84. The molecule has 2 fully saturated rings. The van der Waals surface area contributed by atoms with Gasteiger partial charge >= 0.3 is 0 Å². The topological polar surface area (TPSA) is 29.1 Å². The molecule has 0 spiro atoms. The number of halogens is 2. The van der Waals surface area contributed by atoms with Crippen LogP contribution in [0.5, 0.6) is 0 Å². The summed E-state index contributed by atoms with van der Waals surface area (Å²) in [5, 5.41) is 4.35. The first-order valence-corrected chi connectivity index (χ1v) is 8.10. The Bertz CT molecular complexity index is 517. The zero-order chi connectivity index (χ0) is 14.2. The van der Waals surface area contributed by atoms with E-state index < -0.39 is 0 Å². The van der Waals surface area contributed by atoms with Crippen molar-refractivity contribution in [2.24, 2.45) is 11.3 Å². The Hall–Kier alpha value is -0.570. The van der Waals surface area contributed by atoms with Crippen LogP contribution in [0.4, 0.5) is 0 Å². The Labute approximate surface area is 129 Å². The van der Waals surface area contributed by atoms with Crippen LogP contribution in [0.2, 0.25) is 10.0 Å². The van der Waals surface area contributed by atoms with Crippen LogP contribution in [-0.4, -0.2) is 18.9 Å². The van der Waals surface area contributed by atoms with Gasteiger partial charge in [0.05, 0.1) is 15.5 Å². The van der Waals surface area contributed by atoms with Crippen molar-refractivity contribution in [1.82, 2.24) is 5.32 Å². The number of carbonyl (C=O) groups is 1. The second-order valence-corrected chi connectivity index (χ2v) is 6.84. The lowest BCUT2D eigenvalue weighted by Crippen LogP contribution is -2.39. The van der Waals surface area contributed by atoms with Crippen LogP contribution in [0.15, 0.2) is 18.2 Å². The van der Waals surface area contributed by atoms with Gasteiger partial charge in [-0.1, -0.05) is 36.0 Å². The van der Waals surface area contributed by atoms with Gasteiger partial charge in [-0.15, -0.1) is 0 Å². The predicted molar refractivity (Wildman–Crippen MR) is 82.7 cm³/mol. The molecule has 0 radical (unpaired) electrons. The van der Waals surface area contributed by atoms with Gasteiger partial charge in [0.25, 0.3) is 0 Å². The lowest BCUT2D eigenvalue weighted by Gasteiger charge is -2.33. The molecule has 1 N–H and O–H groups in total. The molecule has 1 aromatic rings. The molecule has 2 aliphatic rings. The maximum atomic E-state index is 13.1. The summed E-state index contributed by atoms with van der Waals surface area (Å²) in [6.07, 6.45) is 5.79. The minimum Gasteiger partial charge on any atom is -0.316 e. The lowest BCUT2D eigenvalue weighted by molar-refractivity contribution is 0.0710. The van der Waals surface area contributed by atoms with Gasteiger partial charge in [0, 0.05) is 12.1 Å². The van der Waals surface area contributed by atoms with E-state index in [1.54, 1.807) is 12.1 Å². The third kappa shape index (κ3) is 2.38. The molecule has 1 atom stereocenters. The molecule has 4 heteroatoms. The summed E-state index contributed by atoms with van der Waals surface area (Å²) in [7, 11) is 0. The minimum atomic E-state index is -0.229. The third-order valence-electron chi connectivity index (χ3n) is 4.96. The summed E-state index contributed by atoms with van der Waals surface area (Å²) in [5.41, 5.74) is 0.475. The fourth-order valence-corrected chi connectivity index (χ4v) is 4.14. The number of benzene rings is 1. The summed E-state index contributed by atoms with van der Waals surface area (Å²) in [4.78, 5) is 13.1. The molecule has 108 valence electrons. The fraction of sp³-hybridized carbons (Fsp3) is 0.562. The van der Waals surface area contributed by atoms with Crippen LogP contribution in [0.25, 0.3) is 0 Å². The molecule has 0 aromatic heterocycles. The molecule has 1 aliphatic heterocycles. The molecular weight excluding hydrogens is 293 g/mol. The van der Waals surface area contributed by atoms with E-state index in [0.717, 1.165) is 19.5 Å². The standard InChI is InChI=1S/C16H19Cl2NO/c17-13-6-5-11(9-14(13)18)15(20)16(7-8-19-10-16)12-3-1-2-4-12/h5-6,9,12,19H,1-4,7-8,10H2. The smallest absolute Gasteiger partial charge is 0.170 e. The van der Waals surface area contributed by atoms with Crippen LogP contribution < -0.4 is 5.32 Å². The highest BCUT2D eigenvalue weighted by atomic mass is 35.5. The Morgan fingerprint density at radius 3 is 2.55 bits per heavy atom. The van der Waals surface area contributed by atoms with E-state index in [1.165, 1.54) is 25.7 Å². The Morgan fingerprint density at radius 1 is 1.20 bits per heavy atom. The van der Waals surface area contributed by atoms with Crippen molar-refractivity contribution in [3.8, 4) is 0 Å². The quantitative estimate of drug-likeness (QED) is 0.841. The van der Waals surface area contributed by atoms with Crippen LogP contribution in [-0.2, 0) is 0 Å². The Kier molecular flexibility index (Phi) is 4.07. The summed E-state index contributed by atoms with van der Waals surface area (Å²) < 4.78 is 0. The molecule has 0 bridgehead atoms. The molecule has 1 aromatic carbocycles. The highest BCUT2D eigenvalue weighted by molar-refractivity contribution is 6.42. The predicted octanol–water partition coefficient (Wildman–Crippen LogP) is 4.35. The number of ketones is 1. The van der Waals surface area contributed by atoms with E-state index >= 15 is 0 Å². The second kappa shape index (κ2) is 5.67. The lowest BCUT2D eigenvalue weighted by atomic mass is 9.69. The molecule has 1 aliphatic carbocycles. The van der Waals surface area contributed by atoms with E-state index in [4.69, 9.17) is 23.2 Å². The first kappa shape index (κ1) is 14.4. The van der Waals surface area contributed by atoms with Gasteiger partial charge in [0.1, 0.15) is 0 Å². The van der Waals surface area contributed by atoms with Crippen LogP contribution >= 0.6 is 23.2 Å². The van der Waals surface area contributed by atoms with Crippen molar-refractivity contribution < 1.29 is 4.79 Å². The van der Waals surface area contributed by atoms with E-state index in [9.17, 15) is 4.79 Å². The van der Waals surface area contributed by atoms with Crippen molar-refractivity contribution in [2.75, 3.05) is 13.1 Å². The second-order valence-electron chi connectivity index (χ2n) is 6.02. The van der Waals surface area contributed by atoms with Crippen LogP contribution in [0, 0.1) is 11.3 Å². The summed E-state index contributed by atoms with van der Waals surface area (Å²) in [6, 6.07) is 5.26. The SMILES string of the molecule is O=C(c1ccc(Cl)c(Cl)c1)C1(C2CCCC2)CCNC1. The molecule has 1 unspecified atom stereocenters. The number of nitrogens with one attached hydrogen (secondary N) is 1. The van der Waals surface area contributed by atoms with E-state index in [0.29, 0.717) is 21.5 Å².